The summed E-state index contributed by atoms with van der Waals surface area (Å²) >= 11 is 0. The number of piperidine rings is 1. The fourth-order valence-electron chi connectivity index (χ4n) is 7.77. The quantitative estimate of drug-likeness (QED) is 0.447. The molecular formula is C32H47N3O. The molecule has 3 atom stereocenters. The Labute approximate surface area is 219 Å². The number of carbonyl (C=O) groups is 1. The summed E-state index contributed by atoms with van der Waals surface area (Å²) < 4.78 is 0. The van der Waals surface area contributed by atoms with Gasteiger partial charge in [0.15, 0.2) is 0 Å². The molecule has 1 heterocycles. The maximum Gasteiger partial charge on any atom is 0.241 e. The molecule has 196 valence electrons. The van der Waals surface area contributed by atoms with E-state index in [9.17, 15) is 4.79 Å². The maximum atomic E-state index is 12.5. The number of rotatable bonds is 8. The van der Waals surface area contributed by atoms with Crippen molar-refractivity contribution in [3.05, 3.63) is 53.7 Å². The Kier molecular flexibility index (Phi) is 8.02. The second-order valence-electron chi connectivity index (χ2n) is 12.5. The molecule has 4 aliphatic rings. The molecule has 1 amide bonds. The van der Waals surface area contributed by atoms with Crippen LogP contribution in [0, 0.1) is 11.3 Å². The van der Waals surface area contributed by atoms with Crippen molar-refractivity contribution in [3.8, 4) is 0 Å². The minimum absolute atomic E-state index is 0.0761. The third-order valence-electron chi connectivity index (χ3n) is 9.83. The zero-order valence-corrected chi connectivity index (χ0v) is 22.5. The average molecular weight is 490 g/mol. The molecule has 3 aliphatic carbocycles. The van der Waals surface area contributed by atoms with Gasteiger partial charge in [-0.1, -0.05) is 69.5 Å². The molecule has 1 spiro atoms. The molecule has 1 aromatic rings. The molecule has 36 heavy (non-hydrogen) atoms. The third kappa shape index (κ3) is 5.81. The second-order valence-corrected chi connectivity index (χ2v) is 12.5. The van der Waals surface area contributed by atoms with Gasteiger partial charge in [-0.15, -0.1) is 0 Å². The van der Waals surface area contributed by atoms with Crippen molar-refractivity contribution in [2.24, 2.45) is 11.3 Å². The molecule has 4 nitrogen and oxygen atoms in total. The monoisotopic (exact) mass is 489 g/mol. The minimum atomic E-state index is -0.0984. The van der Waals surface area contributed by atoms with Crippen molar-refractivity contribution in [2.75, 3.05) is 7.05 Å². The highest BCUT2D eigenvalue weighted by atomic mass is 16.2. The van der Waals surface area contributed by atoms with Crippen LogP contribution in [0.25, 0.3) is 6.08 Å². The van der Waals surface area contributed by atoms with Gasteiger partial charge in [0.2, 0.25) is 5.91 Å². The van der Waals surface area contributed by atoms with Gasteiger partial charge in [-0.3, -0.25) is 9.69 Å². The largest absolute Gasteiger partial charge is 0.329 e. The van der Waals surface area contributed by atoms with Crippen molar-refractivity contribution < 1.29 is 4.79 Å². The highest BCUT2D eigenvalue weighted by molar-refractivity contribution is 5.84. The SMILES string of the molecule is C=Cc1ccc(CC2CCCCC2NC2CC3(CCCCC3)C2)cc1CN(C)C1CCC(=C)NC1=O. The molecule has 5 rings (SSSR count). The first-order chi connectivity index (χ1) is 17.4. The topological polar surface area (TPSA) is 44.4 Å². The standard InChI is InChI=1S/C32H47N3O/c1-4-25-14-13-24(19-27(25)22-35(3)30-15-12-23(2)33-31(30)36)18-26-10-6-7-11-29(26)34-28-20-32(21-28)16-8-5-9-17-32/h4,13-14,19,26,28-30,34H,1-2,5-12,15-18,20-22H2,3H3,(H,33,36). The van der Waals surface area contributed by atoms with Crippen molar-refractivity contribution in [1.29, 1.82) is 0 Å². The summed E-state index contributed by atoms with van der Waals surface area (Å²) in [6, 6.07) is 8.24. The normalized spacial score (nSPS) is 28.7. The number of nitrogens with one attached hydrogen (secondary N) is 2. The number of likely N-dealkylation sites (N-methyl/N-ethyl adjacent to an activating group) is 1. The Morgan fingerprint density at radius 1 is 1.11 bits per heavy atom. The summed E-state index contributed by atoms with van der Waals surface area (Å²) in [6.07, 6.45) is 20.3. The fraction of sp³-hybridized carbons (Fsp3) is 0.656. The number of carbonyl (C=O) groups excluding carboxylic acids is 1. The summed E-state index contributed by atoms with van der Waals surface area (Å²) in [5.74, 6) is 0.795. The van der Waals surface area contributed by atoms with Crippen LogP contribution >= 0.6 is 0 Å². The summed E-state index contributed by atoms with van der Waals surface area (Å²) in [7, 11) is 2.07. The van der Waals surface area contributed by atoms with E-state index in [1.54, 1.807) is 0 Å². The van der Waals surface area contributed by atoms with E-state index in [2.05, 4.69) is 53.9 Å². The summed E-state index contributed by atoms with van der Waals surface area (Å²) in [5, 5.41) is 7.08. The lowest BCUT2D eigenvalue weighted by Crippen LogP contribution is -2.55. The van der Waals surface area contributed by atoms with Crippen LogP contribution in [0.15, 0.2) is 37.1 Å². The number of hydrogen-bond acceptors (Lipinski definition) is 3. The highest BCUT2D eigenvalue weighted by Gasteiger charge is 2.45. The van der Waals surface area contributed by atoms with Gasteiger partial charge in [0.25, 0.3) is 0 Å². The van der Waals surface area contributed by atoms with Crippen LogP contribution in [-0.2, 0) is 17.8 Å². The molecule has 1 aliphatic heterocycles. The molecular weight excluding hydrogens is 442 g/mol. The Morgan fingerprint density at radius 3 is 2.64 bits per heavy atom. The molecule has 1 saturated heterocycles. The van der Waals surface area contributed by atoms with Gasteiger partial charge in [-0.2, -0.15) is 0 Å². The van der Waals surface area contributed by atoms with E-state index in [1.165, 1.54) is 87.3 Å². The molecule has 3 unspecified atom stereocenters. The average Bonchev–Trinajstić information content (AvgIpc) is 2.85. The van der Waals surface area contributed by atoms with E-state index in [0.717, 1.165) is 43.5 Å². The van der Waals surface area contributed by atoms with E-state index in [1.807, 2.05) is 6.08 Å². The molecule has 3 saturated carbocycles. The summed E-state index contributed by atoms with van der Waals surface area (Å²) in [4.78, 5) is 14.7. The lowest BCUT2D eigenvalue weighted by atomic mass is 9.58. The molecule has 1 aromatic carbocycles. The third-order valence-corrected chi connectivity index (χ3v) is 9.83. The number of amides is 1. The van der Waals surface area contributed by atoms with Gasteiger partial charge in [-0.05, 0) is 92.9 Å². The van der Waals surface area contributed by atoms with Crippen molar-refractivity contribution in [2.45, 2.75) is 115 Å². The molecule has 4 fully saturated rings. The smallest absolute Gasteiger partial charge is 0.241 e. The lowest BCUT2D eigenvalue weighted by Gasteiger charge is -2.52. The van der Waals surface area contributed by atoms with Gasteiger partial charge in [-0.25, -0.2) is 0 Å². The van der Waals surface area contributed by atoms with Crippen LogP contribution in [0.4, 0.5) is 0 Å². The Bertz CT molecular complexity index is 954. The molecule has 0 radical (unpaired) electrons. The van der Waals surface area contributed by atoms with Crippen LogP contribution in [0.5, 0.6) is 0 Å². The predicted molar refractivity (Wildman–Crippen MR) is 149 cm³/mol. The number of hydrogen-bond donors (Lipinski definition) is 2. The van der Waals surface area contributed by atoms with Gasteiger partial charge in [0.1, 0.15) is 0 Å². The van der Waals surface area contributed by atoms with E-state index < -0.39 is 0 Å². The number of benzene rings is 1. The van der Waals surface area contributed by atoms with Gasteiger partial charge in [0, 0.05) is 24.3 Å². The van der Waals surface area contributed by atoms with Crippen molar-refractivity contribution >= 4 is 12.0 Å². The molecule has 0 aromatic heterocycles. The highest BCUT2D eigenvalue weighted by Crippen LogP contribution is 2.52. The van der Waals surface area contributed by atoms with Crippen LogP contribution in [0.1, 0.15) is 100 Å². The van der Waals surface area contributed by atoms with Gasteiger partial charge < -0.3 is 10.6 Å². The zero-order valence-electron chi connectivity index (χ0n) is 22.5. The Balaban J connectivity index is 1.21. The fourth-order valence-corrected chi connectivity index (χ4v) is 7.77. The Morgan fingerprint density at radius 2 is 1.89 bits per heavy atom. The van der Waals surface area contributed by atoms with Crippen molar-refractivity contribution in [3.63, 3.8) is 0 Å². The van der Waals surface area contributed by atoms with E-state index in [4.69, 9.17) is 0 Å². The Hall–Kier alpha value is -1.91. The van der Waals surface area contributed by atoms with E-state index >= 15 is 0 Å². The lowest BCUT2D eigenvalue weighted by molar-refractivity contribution is -0.126. The number of allylic oxidation sites excluding steroid dienone is 1. The summed E-state index contributed by atoms with van der Waals surface area (Å²) in [6.45, 7) is 8.74. The van der Waals surface area contributed by atoms with E-state index in [0.29, 0.717) is 11.5 Å². The van der Waals surface area contributed by atoms with Crippen LogP contribution in [0.3, 0.4) is 0 Å². The number of nitrogens with zero attached hydrogens (tertiary/aromatic N) is 1. The molecule has 4 heteroatoms. The van der Waals surface area contributed by atoms with Crippen LogP contribution < -0.4 is 10.6 Å². The minimum Gasteiger partial charge on any atom is -0.329 e. The zero-order chi connectivity index (χ0) is 25.1. The van der Waals surface area contributed by atoms with Crippen LogP contribution in [-0.4, -0.2) is 36.0 Å². The maximum absolute atomic E-state index is 12.5. The molecule has 0 bridgehead atoms. The molecule has 2 N–H and O–H groups in total. The van der Waals surface area contributed by atoms with E-state index in [-0.39, 0.29) is 11.9 Å². The first kappa shape index (κ1) is 25.7. The first-order valence-electron chi connectivity index (χ1n) is 14.6. The van der Waals surface area contributed by atoms with Gasteiger partial charge >= 0.3 is 0 Å². The second kappa shape index (κ2) is 11.2. The van der Waals surface area contributed by atoms with Gasteiger partial charge in [0.05, 0.1) is 6.04 Å². The van der Waals surface area contributed by atoms with Crippen LogP contribution in [0.2, 0.25) is 0 Å². The van der Waals surface area contributed by atoms with Crippen molar-refractivity contribution in [1.82, 2.24) is 15.5 Å². The summed E-state index contributed by atoms with van der Waals surface area (Å²) in [5.41, 5.74) is 5.42. The predicted octanol–water partition coefficient (Wildman–Crippen LogP) is 6.36. The first-order valence-corrected chi connectivity index (χ1v) is 14.6.